The van der Waals surface area contributed by atoms with Gasteiger partial charge in [0.1, 0.15) is 11.5 Å². The molecule has 3 rings (SSSR count). The van der Waals surface area contributed by atoms with Crippen LogP contribution in [0.25, 0.3) is 10.9 Å². The highest BCUT2D eigenvalue weighted by Gasteiger charge is 2.12. The minimum Gasteiger partial charge on any atom is -0.303 e. The molecule has 0 saturated carbocycles. The normalized spacial score (nSPS) is 10.7. The first-order valence-corrected chi connectivity index (χ1v) is 6.01. The van der Waals surface area contributed by atoms with Gasteiger partial charge in [0.2, 0.25) is 0 Å². The summed E-state index contributed by atoms with van der Waals surface area (Å²) in [6.45, 7) is 0. The van der Waals surface area contributed by atoms with Gasteiger partial charge in [-0.3, -0.25) is 9.89 Å². The van der Waals surface area contributed by atoms with Crippen molar-refractivity contribution in [1.29, 1.82) is 0 Å². The predicted molar refractivity (Wildman–Crippen MR) is 66.1 cm³/mol. The molecule has 2 aromatic heterocycles. The molecule has 0 aliphatic carbocycles. The van der Waals surface area contributed by atoms with Gasteiger partial charge in [0.05, 0.1) is 11.0 Å². The molecule has 1 aromatic carbocycles. The Bertz CT molecular complexity index is 707. The average Bonchev–Trinajstić information content (AvgIpc) is 2.99. The summed E-state index contributed by atoms with van der Waals surface area (Å²) in [6.07, 6.45) is 0. The Balaban J connectivity index is 1.95. The van der Waals surface area contributed by atoms with Gasteiger partial charge in [0, 0.05) is 10.8 Å². The number of nitrogens with zero attached hydrogens (tertiary/aromatic N) is 2. The van der Waals surface area contributed by atoms with Crippen molar-refractivity contribution >= 4 is 34.0 Å². The zero-order valence-corrected chi connectivity index (χ0v) is 9.79. The average molecular weight is 262 g/mol. The predicted octanol–water partition coefficient (Wildman–Crippen LogP) is 2.41. The van der Waals surface area contributed by atoms with Gasteiger partial charge in [-0.2, -0.15) is 5.10 Å². The number of hydrogen-bond acceptors (Lipinski definition) is 4. The van der Waals surface area contributed by atoms with E-state index in [9.17, 15) is 9.18 Å². The molecule has 3 aromatic rings. The zero-order valence-electron chi connectivity index (χ0n) is 8.98. The van der Waals surface area contributed by atoms with Gasteiger partial charge in [0.15, 0.2) is 5.82 Å². The fourth-order valence-corrected chi connectivity index (χ4v) is 2.11. The van der Waals surface area contributed by atoms with Crippen LogP contribution in [-0.4, -0.2) is 21.1 Å². The molecule has 0 atom stereocenters. The maximum absolute atomic E-state index is 13.1. The Kier molecular flexibility index (Phi) is 2.52. The van der Waals surface area contributed by atoms with Crippen LogP contribution in [-0.2, 0) is 0 Å². The molecular formula is C11H7FN4OS. The van der Waals surface area contributed by atoms with Crippen LogP contribution in [0.1, 0.15) is 10.5 Å². The fourth-order valence-electron chi connectivity index (χ4n) is 1.58. The number of anilines is 1. The molecule has 7 heteroatoms. The molecule has 0 bridgehead atoms. The summed E-state index contributed by atoms with van der Waals surface area (Å²) in [5.41, 5.74) is 2.54. The van der Waals surface area contributed by atoms with Crippen LogP contribution in [0, 0.1) is 5.82 Å². The standard InChI is InChI=1S/C11H7FN4OS/c12-6-1-2-8-7(3-6)10(16-15-8)14-11(17)9-4-18-5-13-9/h1-5H,(H2,14,15,16,17). The molecule has 2 heterocycles. The van der Waals surface area contributed by atoms with E-state index >= 15 is 0 Å². The maximum atomic E-state index is 13.1. The van der Waals surface area contributed by atoms with Gasteiger partial charge in [-0.05, 0) is 18.2 Å². The number of carbonyl (C=O) groups excluding carboxylic acids is 1. The molecule has 2 N–H and O–H groups in total. The SMILES string of the molecule is O=C(Nc1n[nH]c2ccc(F)cc12)c1cscn1. The Morgan fingerprint density at radius 2 is 2.33 bits per heavy atom. The van der Waals surface area contributed by atoms with Gasteiger partial charge >= 0.3 is 0 Å². The van der Waals surface area contributed by atoms with Crippen LogP contribution in [0.3, 0.4) is 0 Å². The lowest BCUT2D eigenvalue weighted by Crippen LogP contribution is -2.12. The lowest BCUT2D eigenvalue weighted by atomic mass is 10.2. The minimum absolute atomic E-state index is 0.294. The number of carbonyl (C=O) groups is 1. The molecule has 90 valence electrons. The number of benzene rings is 1. The Hall–Kier alpha value is -2.28. The van der Waals surface area contributed by atoms with Crippen LogP contribution in [0.5, 0.6) is 0 Å². The lowest BCUT2D eigenvalue weighted by Gasteiger charge is -1.99. The first kappa shape index (κ1) is 10.8. The van der Waals surface area contributed by atoms with Crippen LogP contribution in [0.4, 0.5) is 10.2 Å². The van der Waals surface area contributed by atoms with Crippen molar-refractivity contribution < 1.29 is 9.18 Å². The van der Waals surface area contributed by atoms with Crippen LogP contribution in [0.15, 0.2) is 29.1 Å². The first-order chi connectivity index (χ1) is 8.74. The third kappa shape index (κ3) is 1.84. The molecule has 0 saturated heterocycles. The number of halogens is 1. The minimum atomic E-state index is -0.381. The van der Waals surface area contributed by atoms with E-state index in [0.29, 0.717) is 22.4 Å². The Morgan fingerprint density at radius 3 is 3.11 bits per heavy atom. The molecule has 0 aliphatic heterocycles. The second-order valence-corrected chi connectivity index (χ2v) is 4.31. The molecule has 0 aliphatic rings. The van der Waals surface area contributed by atoms with Crippen molar-refractivity contribution in [3.05, 3.63) is 40.6 Å². The molecular weight excluding hydrogens is 255 g/mol. The first-order valence-electron chi connectivity index (χ1n) is 5.07. The number of nitrogens with one attached hydrogen (secondary N) is 2. The van der Waals surface area contributed by atoms with Crippen molar-refractivity contribution in [1.82, 2.24) is 15.2 Å². The van der Waals surface area contributed by atoms with Crippen LogP contribution in [0.2, 0.25) is 0 Å². The number of aromatic amines is 1. The van der Waals surface area contributed by atoms with E-state index in [2.05, 4.69) is 20.5 Å². The number of fused-ring (bicyclic) bond motifs is 1. The quantitative estimate of drug-likeness (QED) is 0.745. The van der Waals surface area contributed by atoms with Crippen molar-refractivity contribution in [2.75, 3.05) is 5.32 Å². The lowest BCUT2D eigenvalue weighted by molar-refractivity contribution is 0.102. The third-order valence-electron chi connectivity index (χ3n) is 2.42. The number of hydrogen-bond donors (Lipinski definition) is 2. The molecule has 18 heavy (non-hydrogen) atoms. The highest BCUT2D eigenvalue weighted by Crippen LogP contribution is 2.21. The highest BCUT2D eigenvalue weighted by molar-refractivity contribution is 7.07. The summed E-state index contributed by atoms with van der Waals surface area (Å²) in [5.74, 6) is -0.454. The summed E-state index contributed by atoms with van der Waals surface area (Å²) in [4.78, 5) is 15.7. The highest BCUT2D eigenvalue weighted by atomic mass is 32.1. The Labute approximate surface area is 105 Å². The Morgan fingerprint density at radius 1 is 1.44 bits per heavy atom. The summed E-state index contributed by atoms with van der Waals surface area (Å²) in [6, 6.07) is 4.21. The summed E-state index contributed by atoms with van der Waals surface area (Å²) >= 11 is 1.33. The molecule has 1 amide bonds. The number of aromatic nitrogens is 3. The number of H-pyrrole nitrogens is 1. The van der Waals surface area contributed by atoms with Crippen molar-refractivity contribution in [2.45, 2.75) is 0 Å². The van der Waals surface area contributed by atoms with Crippen molar-refractivity contribution in [3.63, 3.8) is 0 Å². The van der Waals surface area contributed by atoms with E-state index in [1.807, 2.05) is 0 Å². The third-order valence-corrected chi connectivity index (χ3v) is 3.01. The zero-order chi connectivity index (χ0) is 12.5. The van der Waals surface area contributed by atoms with Gasteiger partial charge in [-0.25, -0.2) is 9.37 Å². The largest absolute Gasteiger partial charge is 0.303 e. The summed E-state index contributed by atoms with van der Waals surface area (Å²) in [5, 5.41) is 11.4. The van der Waals surface area contributed by atoms with Gasteiger partial charge in [0.25, 0.3) is 5.91 Å². The maximum Gasteiger partial charge on any atom is 0.276 e. The molecule has 5 nitrogen and oxygen atoms in total. The van der Waals surface area contributed by atoms with Crippen molar-refractivity contribution in [3.8, 4) is 0 Å². The molecule has 0 unspecified atom stereocenters. The van der Waals surface area contributed by atoms with E-state index in [4.69, 9.17) is 0 Å². The van der Waals surface area contributed by atoms with E-state index in [1.165, 1.54) is 23.5 Å². The van der Waals surface area contributed by atoms with Gasteiger partial charge in [-0.15, -0.1) is 11.3 Å². The smallest absolute Gasteiger partial charge is 0.276 e. The summed E-state index contributed by atoms with van der Waals surface area (Å²) in [7, 11) is 0. The molecule has 0 fully saturated rings. The fraction of sp³-hybridized carbons (Fsp3) is 0. The monoisotopic (exact) mass is 262 g/mol. The van der Waals surface area contributed by atoms with Crippen LogP contribution >= 0.6 is 11.3 Å². The van der Waals surface area contributed by atoms with E-state index < -0.39 is 0 Å². The number of thiazole rings is 1. The van der Waals surface area contributed by atoms with Gasteiger partial charge in [-0.1, -0.05) is 0 Å². The topological polar surface area (TPSA) is 70.7 Å². The van der Waals surface area contributed by atoms with E-state index in [1.54, 1.807) is 17.0 Å². The second-order valence-electron chi connectivity index (χ2n) is 3.59. The second kappa shape index (κ2) is 4.19. The molecule has 0 spiro atoms. The molecule has 0 radical (unpaired) electrons. The van der Waals surface area contributed by atoms with Gasteiger partial charge < -0.3 is 5.32 Å². The van der Waals surface area contributed by atoms with E-state index in [-0.39, 0.29) is 11.7 Å². The van der Waals surface area contributed by atoms with E-state index in [0.717, 1.165) is 0 Å². The number of amides is 1. The van der Waals surface area contributed by atoms with Crippen molar-refractivity contribution in [2.24, 2.45) is 0 Å². The summed E-state index contributed by atoms with van der Waals surface area (Å²) < 4.78 is 13.1. The number of rotatable bonds is 2. The van der Waals surface area contributed by atoms with Crippen LogP contribution < -0.4 is 5.32 Å².